The number of benzene rings is 1. The van der Waals surface area contributed by atoms with E-state index in [9.17, 15) is 28.8 Å². The van der Waals surface area contributed by atoms with E-state index in [1.54, 1.807) is 14.0 Å². The normalized spacial score (nSPS) is 17.6. The molecule has 0 radical (unpaired) electrons. The summed E-state index contributed by atoms with van der Waals surface area (Å²) in [6.45, 7) is 16.1. The third-order valence-electron chi connectivity index (χ3n) is 14.1. The maximum Gasteiger partial charge on any atom is 0.225 e. The third-order valence-corrected chi connectivity index (χ3v) is 14.1. The number of nitrogens with one attached hydrogen (secondary N) is 5. The Kier molecular flexibility index (Phi) is 28.0. The van der Waals surface area contributed by atoms with Gasteiger partial charge in [0.15, 0.2) is 0 Å². The highest BCUT2D eigenvalue weighted by molar-refractivity contribution is 5.86. The van der Waals surface area contributed by atoms with Gasteiger partial charge in [0.05, 0.1) is 36.7 Å². The van der Waals surface area contributed by atoms with Gasteiger partial charge in [-0.1, -0.05) is 98.6 Å². The molecule has 16 nitrogen and oxygen atoms in total. The highest BCUT2D eigenvalue weighted by Gasteiger charge is 2.35. The lowest BCUT2D eigenvalue weighted by atomic mass is 9.81. The molecule has 68 heavy (non-hydrogen) atoms. The predicted molar refractivity (Wildman–Crippen MR) is 271 cm³/mol. The molecule has 1 aliphatic carbocycles. The molecule has 0 bridgehead atoms. The molecule has 1 aromatic rings. The topological polar surface area (TPSA) is 276 Å². The number of nitrogens with two attached hydrogens (primary N) is 4. The van der Waals surface area contributed by atoms with Crippen molar-refractivity contribution in [2.24, 2.45) is 70.3 Å². The van der Waals surface area contributed by atoms with Gasteiger partial charge >= 0.3 is 0 Å². The molecule has 0 aliphatic heterocycles. The summed E-state index contributed by atoms with van der Waals surface area (Å²) >= 11 is 0. The summed E-state index contributed by atoms with van der Waals surface area (Å²) in [4.78, 5) is 82.3. The first-order chi connectivity index (χ1) is 32.2. The Balaban J connectivity index is 2.31. The van der Waals surface area contributed by atoms with Crippen molar-refractivity contribution in [3.05, 3.63) is 29.8 Å². The fourth-order valence-corrected chi connectivity index (χ4v) is 9.38. The summed E-state index contributed by atoms with van der Waals surface area (Å²) in [5.41, 5.74) is 24.4. The lowest BCUT2D eigenvalue weighted by Gasteiger charge is -2.33. The fourth-order valence-electron chi connectivity index (χ4n) is 9.38. The molecule has 1 saturated carbocycles. The maximum absolute atomic E-state index is 14.2. The van der Waals surface area contributed by atoms with Crippen LogP contribution in [0.2, 0.25) is 0 Å². The van der Waals surface area contributed by atoms with Crippen LogP contribution in [0.5, 0.6) is 5.75 Å². The Labute approximate surface area is 408 Å². The average molecular weight is 956 g/mol. The zero-order chi connectivity index (χ0) is 50.9. The molecule has 1 fully saturated rings. The maximum atomic E-state index is 14.2. The van der Waals surface area contributed by atoms with Crippen molar-refractivity contribution in [1.29, 1.82) is 0 Å². The van der Waals surface area contributed by atoms with Crippen LogP contribution in [0.15, 0.2) is 24.3 Å². The SMILES string of the molecule is COc1ccc(C[C@H](C(=O)NC[C@H](C(=O)N[C@H](CCCCN)CC(=O)N[C@H](CC2CCCCC2)[C@H](C)C(=O)N[C@H](CC(C)C)[C@H](C)C(N)=O)C(C)C)[C@@H](C)NC(=O)[C@@H](CCCCN)[C@@H](C)N)cc1. The minimum atomic E-state index is -0.688. The zero-order valence-corrected chi connectivity index (χ0v) is 43.2. The van der Waals surface area contributed by atoms with E-state index in [2.05, 4.69) is 26.6 Å². The van der Waals surface area contributed by atoms with E-state index in [0.717, 1.165) is 44.1 Å². The first kappa shape index (κ1) is 59.8. The second kappa shape index (κ2) is 31.8. The van der Waals surface area contributed by atoms with Gasteiger partial charge in [-0.15, -0.1) is 0 Å². The summed E-state index contributed by atoms with van der Waals surface area (Å²) in [5.74, 6) is -3.67. The summed E-state index contributed by atoms with van der Waals surface area (Å²) in [5, 5.41) is 15.6. The number of carbonyl (C=O) groups is 6. The van der Waals surface area contributed by atoms with Crippen LogP contribution in [0.25, 0.3) is 0 Å². The lowest BCUT2D eigenvalue weighted by Crippen LogP contribution is -2.52. The molecule has 13 N–H and O–H groups in total. The quantitative estimate of drug-likeness (QED) is 0.0442. The largest absolute Gasteiger partial charge is 0.497 e. The van der Waals surface area contributed by atoms with Crippen LogP contribution in [-0.4, -0.2) is 92.4 Å². The zero-order valence-electron chi connectivity index (χ0n) is 43.2. The van der Waals surface area contributed by atoms with Crippen molar-refractivity contribution in [2.75, 3.05) is 26.7 Å². The van der Waals surface area contributed by atoms with Crippen molar-refractivity contribution in [2.45, 2.75) is 182 Å². The number of methoxy groups -OCH3 is 1. The minimum absolute atomic E-state index is 0.00649. The van der Waals surface area contributed by atoms with Crippen LogP contribution in [-0.2, 0) is 35.2 Å². The predicted octanol–water partition coefficient (Wildman–Crippen LogP) is 4.59. The van der Waals surface area contributed by atoms with Crippen LogP contribution in [0.4, 0.5) is 0 Å². The molecule has 1 aliphatic rings. The Morgan fingerprint density at radius 3 is 1.82 bits per heavy atom. The first-order valence-corrected chi connectivity index (χ1v) is 25.8. The molecule has 388 valence electrons. The number of unbranched alkanes of at least 4 members (excludes halogenated alkanes) is 2. The number of hydrogen-bond donors (Lipinski definition) is 9. The number of amides is 6. The number of ether oxygens (including phenoxy) is 1. The minimum Gasteiger partial charge on any atom is -0.497 e. The lowest BCUT2D eigenvalue weighted by molar-refractivity contribution is -0.131. The molecule has 2 rings (SSSR count). The Morgan fingerprint density at radius 1 is 0.676 bits per heavy atom. The fraction of sp³-hybridized carbons (Fsp3) is 0.769. The molecule has 10 atom stereocenters. The third kappa shape index (κ3) is 21.6. The molecule has 0 spiro atoms. The summed E-state index contributed by atoms with van der Waals surface area (Å²) in [6, 6.07) is 5.03. The molecule has 6 amide bonds. The standard InChI is InChI=1S/C52H93N9O7/c1-32(2)27-45(34(5)48(56)63)61-49(64)35(6)46(29-38-17-11-10-12-18-38)60-47(62)30-40(19-13-15-25-53)59-52(67)44(33(3)4)31-57-50(65)43(28-39-21-23-41(68-9)24-22-39)37(8)58-51(66)42(36(7)55)20-14-16-26-54/h21-24,32-38,40,42-46H,10-20,25-31,53-55H2,1-9H3,(H2,56,63)(H,57,65)(H,58,66)(H,59,67)(H,60,62)(H,61,64)/t34-,35-,36+,37+,40+,42-,43-,44-,45+,46+/m0/s1. The van der Waals surface area contributed by atoms with Gasteiger partial charge in [-0.25, -0.2) is 0 Å². The summed E-state index contributed by atoms with van der Waals surface area (Å²) < 4.78 is 5.34. The highest BCUT2D eigenvalue weighted by atomic mass is 16.5. The monoisotopic (exact) mass is 956 g/mol. The van der Waals surface area contributed by atoms with E-state index in [1.807, 2.05) is 72.7 Å². The van der Waals surface area contributed by atoms with E-state index >= 15 is 0 Å². The number of primary amides is 1. The second-order valence-electron chi connectivity index (χ2n) is 20.6. The first-order valence-electron chi connectivity index (χ1n) is 25.8. The van der Waals surface area contributed by atoms with E-state index in [1.165, 1.54) is 6.42 Å². The van der Waals surface area contributed by atoms with Crippen LogP contribution in [0.1, 0.15) is 151 Å². The number of carbonyl (C=O) groups excluding carboxylic acids is 6. The van der Waals surface area contributed by atoms with Gasteiger partial charge in [0.1, 0.15) is 5.75 Å². The van der Waals surface area contributed by atoms with Crippen LogP contribution in [0.3, 0.4) is 0 Å². The number of hydrogen-bond acceptors (Lipinski definition) is 10. The van der Waals surface area contributed by atoms with Crippen molar-refractivity contribution < 1.29 is 33.5 Å². The van der Waals surface area contributed by atoms with Crippen molar-refractivity contribution in [1.82, 2.24) is 26.6 Å². The van der Waals surface area contributed by atoms with Crippen LogP contribution in [0, 0.1) is 47.3 Å². The van der Waals surface area contributed by atoms with E-state index < -0.39 is 65.7 Å². The smallest absolute Gasteiger partial charge is 0.225 e. The average Bonchev–Trinajstić information content (AvgIpc) is 3.28. The Hall–Kier alpha value is -4.28. The van der Waals surface area contributed by atoms with Gasteiger partial charge in [0.2, 0.25) is 35.4 Å². The van der Waals surface area contributed by atoms with Gasteiger partial charge < -0.3 is 54.3 Å². The van der Waals surface area contributed by atoms with Gasteiger partial charge in [0, 0.05) is 43.2 Å². The Morgan fingerprint density at radius 2 is 1.28 bits per heavy atom. The van der Waals surface area contributed by atoms with Crippen molar-refractivity contribution >= 4 is 35.4 Å². The van der Waals surface area contributed by atoms with Crippen LogP contribution >= 0.6 is 0 Å². The number of rotatable bonds is 33. The summed E-state index contributed by atoms with van der Waals surface area (Å²) in [7, 11) is 1.59. The molecule has 0 saturated heterocycles. The molecule has 0 aromatic heterocycles. The van der Waals surface area contributed by atoms with Gasteiger partial charge in [-0.05, 0) is 107 Å². The molecule has 16 heteroatoms. The molecular formula is C52H93N9O7. The highest BCUT2D eigenvalue weighted by Crippen LogP contribution is 2.30. The summed E-state index contributed by atoms with van der Waals surface area (Å²) in [6.07, 6.45) is 11.0. The van der Waals surface area contributed by atoms with Crippen LogP contribution < -0.4 is 54.3 Å². The van der Waals surface area contributed by atoms with Gasteiger partial charge in [-0.2, -0.15) is 0 Å². The van der Waals surface area contributed by atoms with Crippen molar-refractivity contribution in [3.8, 4) is 5.75 Å². The molecule has 1 aromatic carbocycles. The van der Waals surface area contributed by atoms with E-state index in [0.29, 0.717) is 69.7 Å². The molecular weight excluding hydrogens is 863 g/mol. The van der Waals surface area contributed by atoms with E-state index in [-0.39, 0.29) is 54.3 Å². The Bertz CT molecular complexity index is 1670. The molecule has 0 heterocycles. The van der Waals surface area contributed by atoms with Crippen molar-refractivity contribution in [3.63, 3.8) is 0 Å². The van der Waals surface area contributed by atoms with Gasteiger partial charge in [-0.3, -0.25) is 28.8 Å². The second-order valence-corrected chi connectivity index (χ2v) is 20.6. The van der Waals surface area contributed by atoms with Gasteiger partial charge in [0.25, 0.3) is 0 Å². The molecule has 0 unspecified atom stereocenters. The van der Waals surface area contributed by atoms with E-state index in [4.69, 9.17) is 27.7 Å².